The van der Waals surface area contributed by atoms with Crippen molar-refractivity contribution < 1.29 is 0 Å². The fraction of sp³-hybridized carbons (Fsp3) is 0.0833. The maximum absolute atomic E-state index is 4.64. The van der Waals surface area contributed by atoms with Crippen LogP contribution in [-0.2, 0) is 0 Å². The SMILES string of the molecule is CSc1nc2c(ccc3ccccc32)s1. The molecule has 1 heterocycles. The van der Waals surface area contributed by atoms with Gasteiger partial charge in [0.15, 0.2) is 4.34 Å². The zero-order valence-corrected chi connectivity index (χ0v) is 9.86. The number of benzene rings is 2. The number of thiazole rings is 1. The topological polar surface area (TPSA) is 12.9 Å². The van der Waals surface area contributed by atoms with Crippen molar-refractivity contribution in [2.24, 2.45) is 0 Å². The third kappa shape index (κ3) is 1.43. The fourth-order valence-corrected chi connectivity index (χ4v) is 3.23. The summed E-state index contributed by atoms with van der Waals surface area (Å²) < 4.78 is 2.42. The van der Waals surface area contributed by atoms with Gasteiger partial charge in [-0.1, -0.05) is 42.1 Å². The summed E-state index contributed by atoms with van der Waals surface area (Å²) in [5, 5.41) is 2.52. The monoisotopic (exact) mass is 231 g/mol. The van der Waals surface area contributed by atoms with Crippen LogP contribution in [0, 0.1) is 0 Å². The molecule has 0 saturated heterocycles. The molecule has 2 aromatic carbocycles. The molecule has 3 rings (SSSR count). The summed E-state index contributed by atoms with van der Waals surface area (Å²) in [6, 6.07) is 12.7. The summed E-state index contributed by atoms with van der Waals surface area (Å²) in [6.45, 7) is 0. The molecule has 1 nitrogen and oxygen atoms in total. The van der Waals surface area contributed by atoms with Gasteiger partial charge in [-0.15, -0.1) is 11.3 Å². The van der Waals surface area contributed by atoms with Crippen LogP contribution in [0.1, 0.15) is 0 Å². The van der Waals surface area contributed by atoms with Gasteiger partial charge in [0.1, 0.15) is 0 Å². The third-order valence-electron chi connectivity index (χ3n) is 2.44. The van der Waals surface area contributed by atoms with Crippen LogP contribution in [0.5, 0.6) is 0 Å². The van der Waals surface area contributed by atoms with E-state index >= 15 is 0 Å². The minimum Gasteiger partial charge on any atom is -0.229 e. The van der Waals surface area contributed by atoms with E-state index in [0.29, 0.717) is 0 Å². The molecule has 0 radical (unpaired) electrons. The first-order valence-electron chi connectivity index (χ1n) is 4.71. The molecule has 3 heteroatoms. The van der Waals surface area contributed by atoms with Gasteiger partial charge in [-0.25, -0.2) is 4.98 Å². The van der Waals surface area contributed by atoms with Crippen molar-refractivity contribution in [3.8, 4) is 0 Å². The van der Waals surface area contributed by atoms with Gasteiger partial charge in [-0.2, -0.15) is 0 Å². The molecule has 0 bridgehead atoms. The van der Waals surface area contributed by atoms with E-state index in [0.717, 1.165) is 9.86 Å². The molecule has 0 aliphatic carbocycles. The Morgan fingerprint density at radius 3 is 2.87 bits per heavy atom. The van der Waals surface area contributed by atoms with Crippen LogP contribution in [-0.4, -0.2) is 11.2 Å². The molecule has 0 aliphatic heterocycles. The molecule has 0 N–H and O–H groups in total. The molecule has 15 heavy (non-hydrogen) atoms. The first-order chi connectivity index (χ1) is 7.38. The molecule has 0 spiro atoms. The quantitative estimate of drug-likeness (QED) is 0.583. The number of hydrogen-bond acceptors (Lipinski definition) is 3. The van der Waals surface area contributed by atoms with Crippen molar-refractivity contribution in [3.63, 3.8) is 0 Å². The smallest absolute Gasteiger partial charge is 0.150 e. The number of thioether (sulfide) groups is 1. The lowest BCUT2D eigenvalue weighted by molar-refractivity contribution is 1.32. The molecule has 0 aliphatic rings. The van der Waals surface area contributed by atoms with Gasteiger partial charge in [0.2, 0.25) is 0 Å². The Bertz CT molecular complexity index is 628. The summed E-state index contributed by atoms with van der Waals surface area (Å²) in [6.07, 6.45) is 2.07. The Morgan fingerprint density at radius 2 is 2.00 bits per heavy atom. The van der Waals surface area contributed by atoms with E-state index in [1.54, 1.807) is 23.1 Å². The summed E-state index contributed by atoms with van der Waals surface area (Å²) >= 11 is 3.47. The second-order valence-electron chi connectivity index (χ2n) is 3.32. The second-order valence-corrected chi connectivity index (χ2v) is 5.40. The van der Waals surface area contributed by atoms with Crippen molar-refractivity contribution in [3.05, 3.63) is 36.4 Å². The van der Waals surface area contributed by atoms with Crippen molar-refractivity contribution in [1.29, 1.82) is 0 Å². The predicted octanol–water partition coefficient (Wildman–Crippen LogP) is 4.17. The van der Waals surface area contributed by atoms with Crippen molar-refractivity contribution in [2.75, 3.05) is 6.26 Å². The van der Waals surface area contributed by atoms with Crippen molar-refractivity contribution in [1.82, 2.24) is 4.98 Å². The van der Waals surface area contributed by atoms with Crippen LogP contribution in [0.4, 0.5) is 0 Å². The molecular weight excluding hydrogens is 222 g/mol. The van der Waals surface area contributed by atoms with E-state index in [2.05, 4.69) is 47.6 Å². The Labute approximate surface area is 96.1 Å². The molecular formula is C12H9NS2. The molecule has 3 aromatic rings. The van der Waals surface area contributed by atoms with E-state index in [4.69, 9.17) is 0 Å². The Kier molecular flexibility index (Phi) is 2.15. The largest absolute Gasteiger partial charge is 0.229 e. The number of hydrogen-bond donors (Lipinski definition) is 0. The lowest BCUT2D eigenvalue weighted by atomic mass is 10.1. The molecule has 74 valence electrons. The Balaban J connectivity index is 2.47. The average Bonchev–Trinajstić information content (AvgIpc) is 2.72. The summed E-state index contributed by atoms with van der Waals surface area (Å²) in [5.74, 6) is 0. The zero-order valence-electron chi connectivity index (χ0n) is 8.23. The highest BCUT2D eigenvalue weighted by atomic mass is 32.2. The van der Waals surface area contributed by atoms with Crippen molar-refractivity contribution >= 4 is 44.1 Å². The molecule has 0 fully saturated rings. The van der Waals surface area contributed by atoms with Crippen LogP contribution in [0.3, 0.4) is 0 Å². The second kappa shape index (κ2) is 3.51. The standard InChI is InChI=1S/C12H9NS2/c1-14-12-13-11-9-5-3-2-4-8(9)6-7-10(11)15-12/h2-7H,1H3. The summed E-state index contributed by atoms with van der Waals surface area (Å²) in [5.41, 5.74) is 1.14. The highest BCUT2D eigenvalue weighted by Gasteiger charge is 2.05. The molecule has 1 aromatic heterocycles. The van der Waals surface area contributed by atoms with E-state index in [1.165, 1.54) is 15.5 Å². The van der Waals surface area contributed by atoms with Crippen LogP contribution in [0.15, 0.2) is 40.7 Å². The third-order valence-corrected chi connectivity index (χ3v) is 4.44. The molecule has 0 unspecified atom stereocenters. The summed E-state index contributed by atoms with van der Waals surface area (Å²) in [7, 11) is 0. The van der Waals surface area contributed by atoms with Crippen LogP contribution in [0.25, 0.3) is 21.0 Å². The Morgan fingerprint density at radius 1 is 1.13 bits per heavy atom. The van der Waals surface area contributed by atoms with Gasteiger partial charge in [0.25, 0.3) is 0 Å². The fourth-order valence-electron chi connectivity index (χ4n) is 1.73. The van der Waals surface area contributed by atoms with Crippen LogP contribution >= 0.6 is 23.1 Å². The maximum Gasteiger partial charge on any atom is 0.150 e. The zero-order chi connectivity index (χ0) is 10.3. The minimum absolute atomic E-state index is 1.14. The van der Waals surface area contributed by atoms with E-state index in [1.807, 2.05) is 0 Å². The van der Waals surface area contributed by atoms with Crippen molar-refractivity contribution in [2.45, 2.75) is 4.34 Å². The van der Waals surface area contributed by atoms with Gasteiger partial charge in [0, 0.05) is 5.39 Å². The molecule has 0 saturated carbocycles. The van der Waals surface area contributed by atoms with Gasteiger partial charge in [0.05, 0.1) is 10.2 Å². The first kappa shape index (κ1) is 9.19. The van der Waals surface area contributed by atoms with E-state index < -0.39 is 0 Å². The number of fused-ring (bicyclic) bond motifs is 3. The number of nitrogens with zero attached hydrogens (tertiary/aromatic N) is 1. The van der Waals surface area contributed by atoms with Gasteiger partial charge in [-0.3, -0.25) is 0 Å². The Hall–Kier alpha value is -1.06. The molecule has 0 amide bonds. The van der Waals surface area contributed by atoms with Crippen LogP contribution in [0.2, 0.25) is 0 Å². The summed E-state index contributed by atoms with van der Waals surface area (Å²) in [4.78, 5) is 4.64. The first-order valence-corrected chi connectivity index (χ1v) is 6.75. The lowest BCUT2D eigenvalue weighted by Crippen LogP contribution is -1.74. The highest BCUT2D eigenvalue weighted by Crippen LogP contribution is 2.32. The molecule has 0 atom stereocenters. The maximum atomic E-state index is 4.64. The van der Waals surface area contributed by atoms with Gasteiger partial charge in [-0.05, 0) is 17.7 Å². The number of rotatable bonds is 1. The number of aromatic nitrogens is 1. The predicted molar refractivity (Wildman–Crippen MR) is 68.9 cm³/mol. The normalized spacial score (nSPS) is 11.3. The highest BCUT2D eigenvalue weighted by molar-refractivity contribution is 8.00. The van der Waals surface area contributed by atoms with E-state index in [9.17, 15) is 0 Å². The lowest BCUT2D eigenvalue weighted by Gasteiger charge is -1.96. The van der Waals surface area contributed by atoms with Gasteiger partial charge < -0.3 is 0 Å². The van der Waals surface area contributed by atoms with E-state index in [-0.39, 0.29) is 0 Å². The minimum atomic E-state index is 1.14. The van der Waals surface area contributed by atoms with Gasteiger partial charge >= 0.3 is 0 Å². The average molecular weight is 231 g/mol. The van der Waals surface area contributed by atoms with Crippen LogP contribution < -0.4 is 0 Å².